The van der Waals surface area contributed by atoms with E-state index in [1.54, 1.807) is 7.11 Å². The SMILES string of the molecule is CCc1nc(C)nc(OC)c1CCCC(=O)O. The molecule has 17 heavy (non-hydrogen) atoms. The van der Waals surface area contributed by atoms with Crippen molar-refractivity contribution in [3.8, 4) is 5.88 Å². The van der Waals surface area contributed by atoms with Gasteiger partial charge in [0.1, 0.15) is 5.82 Å². The van der Waals surface area contributed by atoms with Gasteiger partial charge in [-0.05, 0) is 26.2 Å². The Kier molecular flexibility index (Phi) is 4.87. The topological polar surface area (TPSA) is 72.3 Å². The van der Waals surface area contributed by atoms with Crippen molar-refractivity contribution in [1.82, 2.24) is 9.97 Å². The summed E-state index contributed by atoms with van der Waals surface area (Å²) in [6, 6.07) is 0. The lowest BCUT2D eigenvalue weighted by atomic mass is 10.1. The first kappa shape index (κ1) is 13.4. The molecule has 0 atom stereocenters. The van der Waals surface area contributed by atoms with Crippen LogP contribution in [0.1, 0.15) is 36.8 Å². The quantitative estimate of drug-likeness (QED) is 0.817. The van der Waals surface area contributed by atoms with E-state index in [-0.39, 0.29) is 6.42 Å². The molecule has 5 heteroatoms. The van der Waals surface area contributed by atoms with Gasteiger partial charge in [-0.25, -0.2) is 4.98 Å². The van der Waals surface area contributed by atoms with Crippen LogP contribution in [0.25, 0.3) is 0 Å². The summed E-state index contributed by atoms with van der Waals surface area (Å²) in [6.45, 7) is 3.84. The number of rotatable bonds is 6. The zero-order valence-electron chi connectivity index (χ0n) is 10.5. The van der Waals surface area contributed by atoms with Gasteiger partial charge in [-0.2, -0.15) is 4.98 Å². The maximum atomic E-state index is 10.5. The van der Waals surface area contributed by atoms with Crippen molar-refractivity contribution in [2.75, 3.05) is 7.11 Å². The monoisotopic (exact) mass is 238 g/mol. The van der Waals surface area contributed by atoms with Gasteiger partial charge >= 0.3 is 5.97 Å². The average Bonchev–Trinajstić information content (AvgIpc) is 2.29. The lowest BCUT2D eigenvalue weighted by molar-refractivity contribution is -0.137. The second-order valence-electron chi connectivity index (χ2n) is 3.81. The summed E-state index contributed by atoms with van der Waals surface area (Å²) in [7, 11) is 1.57. The molecule has 1 aromatic heterocycles. The van der Waals surface area contributed by atoms with E-state index < -0.39 is 5.97 Å². The summed E-state index contributed by atoms with van der Waals surface area (Å²) in [6.07, 6.45) is 2.16. The Morgan fingerprint density at radius 3 is 2.65 bits per heavy atom. The van der Waals surface area contributed by atoms with Gasteiger partial charge in [0.05, 0.1) is 12.8 Å². The van der Waals surface area contributed by atoms with Crippen molar-refractivity contribution in [2.24, 2.45) is 0 Å². The van der Waals surface area contributed by atoms with Gasteiger partial charge < -0.3 is 9.84 Å². The zero-order chi connectivity index (χ0) is 12.8. The number of carboxylic acid groups (broad SMARTS) is 1. The van der Waals surface area contributed by atoms with Crippen molar-refractivity contribution in [3.05, 3.63) is 17.1 Å². The maximum absolute atomic E-state index is 10.5. The summed E-state index contributed by atoms with van der Waals surface area (Å²) in [5.74, 6) is 0.468. The van der Waals surface area contributed by atoms with Crippen LogP contribution < -0.4 is 4.74 Å². The summed E-state index contributed by atoms with van der Waals surface area (Å²) in [5.41, 5.74) is 1.88. The molecule has 0 spiro atoms. The molecule has 0 saturated heterocycles. The highest BCUT2D eigenvalue weighted by molar-refractivity contribution is 5.66. The summed E-state index contributed by atoms with van der Waals surface area (Å²) in [4.78, 5) is 19.1. The molecule has 94 valence electrons. The fraction of sp³-hybridized carbons (Fsp3) is 0.583. The third-order valence-corrected chi connectivity index (χ3v) is 2.51. The van der Waals surface area contributed by atoms with Crippen LogP contribution in [0.15, 0.2) is 0 Å². The summed E-state index contributed by atoms with van der Waals surface area (Å²) < 4.78 is 5.23. The number of carbonyl (C=O) groups is 1. The Morgan fingerprint density at radius 2 is 2.12 bits per heavy atom. The fourth-order valence-electron chi connectivity index (χ4n) is 1.75. The number of carboxylic acids is 1. The van der Waals surface area contributed by atoms with Crippen LogP contribution in [0.3, 0.4) is 0 Å². The van der Waals surface area contributed by atoms with Gasteiger partial charge in [0.25, 0.3) is 0 Å². The van der Waals surface area contributed by atoms with Crippen LogP contribution >= 0.6 is 0 Å². The van der Waals surface area contributed by atoms with Gasteiger partial charge in [0.15, 0.2) is 0 Å². The number of hydrogen-bond donors (Lipinski definition) is 1. The van der Waals surface area contributed by atoms with Crippen LogP contribution in [-0.2, 0) is 17.6 Å². The molecule has 1 N–H and O–H groups in total. The molecule has 0 fully saturated rings. The second kappa shape index (κ2) is 6.18. The van der Waals surface area contributed by atoms with Crippen LogP contribution in [0.2, 0.25) is 0 Å². The fourth-order valence-corrected chi connectivity index (χ4v) is 1.75. The Morgan fingerprint density at radius 1 is 1.41 bits per heavy atom. The highest BCUT2D eigenvalue weighted by atomic mass is 16.5. The van der Waals surface area contributed by atoms with E-state index in [9.17, 15) is 4.79 Å². The normalized spacial score (nSPS) is 10.3. The lowest BCUT2D eigenvalue weighted by Crippen LogP contribution is -2.06. The Hall–Kier alpha value is -1.65. The predicted molar refractivity (Wildman–Crippen MR) is 63.3 cm³/mol. The molecule has 0 amide bonds. The Bertz CT molecular complexity index is 380. The first-order chi connectivity index (χ1) is 8.08. The number of methoxy groups -OCH3 is 1. The highest BCUT2D eigenvalue weighted by Gasteiger charge is 2.12. The van der Waals surface area contributed by atoms with E-state index in [2.05, 4.69) is 9.97 Å². The Balaban J connectivity index is 2.90. The number of aryl methyl sites for hydroxylation is 2. The van der Waals surface area contributed by atoms with E-state index in [1.165, 1.54) is 0 Å². The number of ether oxygens (including phenoxy) is 1. The molecule has 1 rings (SSSR count). The predicted octanol–water partition coefficient (Wildman–Crippen LogP) is 1.76. The van der Waals surface area contributed by atoms with E-state index in [1.807, 2.05) is 13.8 Å². The molecule has 0 bridgehead atoms. The van der Waals surface area contributed by atoms with Gasteiger partial charge in [-0.3, -0.25) is 4.79 Å². The number of aromatic nitrogens is 2. The van der Waals surface area contributed by atoms with E-state index >= 15 is 0 Å². The van der Waals surface area contributed by atoms with Crippen molar-refractivity contribution in [1.29, 1.82) is 0 Å². The summed E-state index contributed by atoms with van der Waals surface area (Å²) >= 11 is 0. The minimum absolute atomic E-state index is 0.153. The molecule has 0 aliphatic carbocycles. The molecule has 0 aliphatic heterocycles. The van der Waals surface area contributed by atoms with E-state index in [0.717, 1.165) is 17.7 Å². The number of nitrogens with zero attached hydrogens (tertiary/aromatic N) is 2. The molecular weight excluding hydrogens is 220 g/mol. The Labute approximate surface area is 101 Å². The largest absolute Gasteiger partial charge is 0.481 e. The van der Waals surface area contributed by atoms with Crippen molar-refractivity contribution in [3.63, 3.8) is 0 Å². The molecule has 0 saturated carbocycles. The average molecular weight is 238 g/mol. The maximum Gasteiger partial charge on any atom is 0.303 e. The smallest absolute Gasteiger partial charge is 0.303 e. The minimum Gasteiger partial charge on any atom is -0.481 e. The van der Waals surface area contributed by atoms with Gasteiger partial charge in [0, 0.05) is 12.0 Å². The molecule has 5 nitrogen and oxygen atoms in total. The highest BCUT2D eigenvalue weighted by Crippen LogP contribution is 2.21. The molecule has 0 unspecified atom stereocenters. The number of hydrogen-bond acceptors (Lipinski definition) is 4. The van der Waals surface area contributed by atoms with Gasteiger partial charge in [-0.15, -0.1) is 0 Å². The first-order valence-corrected chi connectivity index (χ1v) is 5.70. The second-order valence-corrected chi connectivity index (χ2v) is 3.81. The third kappa shape index (κ3) is 3.69. The van der Waals surface area contributed by atoms with Crippen LogP contribution in [0.5, 0.6) is 5.88 Å². The lowest BCUT2D eigenvalue weighted by Gasteiger charge is -2.11. The zero-order valence-corrected chi connectivity index (χ0v) is 10.5. The molecular formula is C12H18N2O3. The molecule has 0 aliphatic rings. The number of aliphatic carboxylic acids is 1. The molecule has 0 radical (unpaired) electrons. The van der Waals surface area contributed by atoms with Crippen LogP contribution in [0, 0.1) is 6.92 Å². The third-order valence-electron chi connectivity index (χ3n) is 2.51. The first-order valence-electron chi connectivity index (χ1n) is 5.70. The van der Waals surface area contributed by atoms with Crippen LogP contribution in [0.4, 0.5) is 0 Å². The molecule has 1 aromatic rings. The van der Waals surface area contributed by atoms with Gasteiger partial charge in [-0.1, -0.05) is 6.92 Å². The van der Waals surface area contributed by atoms with Gasteiger partial charge in [0.2, 0.25) is 5.88 Å². The van der Waals surface area contributed by atoms with Crippen molar-refractivity contribution in [2.45, 2.75) is 39.5 Å². The molecule has 1 heterocycles. The standard InChI is InChI=1S/C12H18N2O3/c1-4-10-9(6-5-7-11(15)16)12(17-3)14-8(2)13-10/h4-7H2,1-3H3,(H,15,16). The van der Waals surface area contributed by atoms with Crippen LogP contribution in [-0.4, -0.2) is 28.2 Å². The summed E-state index contributed by atoms with van der Waals surface area (Å²) in [5, 5.41) is 8.63. The van der Waals surface area contributed by atoms with Crippen molar-refractivity contribution >= 4 is 5.97 Å². The molecule has 0 aromatic carbocycles. The van der Waals surface area contributed by atoms with E-state index in [4.69, 9.17) is 9.84 Å². The van der Waals surface area contributed by atoms with Crippen molar-refractivity contribution < 1.29 is 14.6 Å². The minimum atomic E-state index is -0.782. The van der Waals surface area contributed by atoms with E-state index in [0.29, 0.717) is 24.5 Å².